The third kappa shape index (κ3) is 10.4. The van der Waals surface area contributed by atoms with Crippen LogP contribution in [-0.4, -0.2) is 47.9 Å². The van der Waals surface area contributed by atoms with Crippen molar-refractivity contribution in [3.8, 4) is 6.01 Å². The first-order valence-electron chi connectivity index (χ1n) is 7.15. The Kier molecular flexibility index (Phi) is 10.2. The first-order valence-corrected chi connectivity index (χ1v) is 9.60. The molecule has 27 heavy (non-hydrogen) atoms. The first-order chi connectivity index (χ1) is 12.8. The number of carbonyl (C=O) groups is 1. The van der Waals surface area contributed by atoms with Crippen molar-refractivity contribution in [1.82, 2.24) is 15.0 Å². The van der Waals surface area contributed by atoms with Gasteiger partial charge in [-0.1, -0.05) is 34.2 Å². The fourth-order valence-corrected chi connectivity index (χ4v) is 2.50. The zero-order chi connectivity index (χ0) is 20.2. The molecular formula is C14H15ClFN5O4S2. The number of aryl methyl sites for hydroxylation is 1. The molecule has 2 aromatic rings. The Morgan fingerprint density at radius 1 is 1.33 bits per heavy atom. The highest BCUT2D eigenvalue weighted by atomic mass is 35.5. The lowest BCUT2D eigenvalue weighted by molar-refractivity contribution is 0.259. The molecule has 9 nitrogen and oxygen atoms in total. The lowest BCUT2D eigenvalue weighted by Gasteiger charge is -2.02. The van der Waals surface area contributed by atoms with Crippen molar-refractivity contribution in [1.29, 1.82) is 0 Å². The van der Waals surface area contributed by atoms with Crippen molar-refractivity contribution in [3.63, 3.8) is 0 Å². The number of benzene rings is 1. The van der Waals surface area contributed by atoms with Crippen molar-refractivity contribution in [2.45, 2.75) is 17.5 Å². The number of rotatable bonds is 5. The maximum atomic E-state index is 12.1. The smallest absolute Gasteiger partial charge is 0.362 e. The molecule has 0 fully saturated rings. The van der Waals surface area contributed by atoms with Gasteiger partial charge in [0.05, 0.1) is 7.11 Å². The highest BCUT2D eigenvalue weighted by molar-refractivity contribution is 7.99. The number of nitrogens with zero attached hydrogens (tertiary/aromatic N) is 4. The van der Waals surface area contributed by atoms with Crippen molar-refractivity contribution in [2.24, 2.45) is 4.36 Å². The van der Waals surface area contributed by atoms with Crippen LogP contribution in [0.25, 0.3) is 0 Å². The van der Waals surface area contributed by atoms with E-state index in [2.05, 4.69) is 19.3 Å². The van der Waals surface area contributed by atoms with Gasteiger partial charge in [0, 0.05) is 10.6 Å². The molecule has 0 saturated heterocycles. The quantitative estimate of drug-likeness (QED) is 0.561. The van der Waals surface area contributed by atoms with Crippen LogP contribution in [0.5, 0.6) is 6.01 Å². The summed E-state index contributed by atoms with van der Waals surface area (Å²) in [6, 6.07) is 8.55. The van der Waals surface area contributed by atoms with Crippen LogP contribution >= 0.6 is 23.4 Å². The molecular weight excluding hydrogens is 421 g/mol. The van der Waals surface area contributed by atoms with Gasteiger partial charge in [-0.15, -0.1) is 11.8 Å². The minimum atomic E-state index is -2.82. The molecule has 0 bridgehead atoms. The highest BCUT2D eigenvalue weighted by Gasteiger charge is 2.07. The summed E-state index contributed by atoms with van der Waals surface area (Å²) in [5.74, 6) is 0.486. The molecule has 1 heterocycles. The summed E-state index contributed by atoms with van der Waals surface area (Å²) in [5, 5.41) is 2.05. The fourth-order valence-electron chi connectivity index (χ4n) is 1.47. The molecule has 0 spiro atoms. The Bertz CT molecular complexity index is 876. The number of amides is 2. The third-order valence-corrected chi connectivity index (χ3v) is 4.12. The van der Waals surface area contributed by atoms with Gasteiger partial charge >= 0.3 is 22.5 Å². The van der Waals surface area contributed by atoms with Crippen LogP contribution in [0.15, 0.2) is 39.6 Å². The van der Waals surface area contributed by atoms with Crippen LogP contribution in [0.4, 0.5) is 15.1 Å². The molecule has 1 unspecified atom stereocenters. The molecule has 1 aromatic heterocycles. The summed E-state index contributed by atoms with van der Waals surface area (Å²) in [6.07, 6.45) is 0. The number of nitrogens with one attached hydrogen (secondary N) is 1. The largest absolute Gasteiger partial charge is 0.467 e. The SMILES string of the molecule is COc1nc(C)nc(NC(=O)N=S(=O)=O)n1.FC(Cl)CSc1ccccc1. The van der Waals surface area contributed by atoms with Gasteiger partial charge in [0.1, 0.15) is 5.82 Å². The average molecular weight is 436 g/mol. The second-order valence-corrected chi connectivity index (χ2v) is 6.63. The molecule has 1 aromatic carbocycles. The molecule has 2 rings (SSSR count). The molecule has 0 radical (unpaired) electrons. The van der Waals surface area contributed by atoms with E-state index in [0.29, 0.717) is 11.6 Å². The molecule has 146 valence electrons. The van der Waals surface area contributed by atoms with E-state index in [0.717, 1.165) is 4.90 Å². The molecule has 13 heteroatoms. The van der Waals surface area contributed by atoms with E-state index < -0.39 is 22.2 Å². The number of anilines is 1. The summed E-state index contributed by atoms with van der Waals surface area (Å²) >= 11 is 6.56. The number of halogens is 2. The van der Waals surface area contributed by atoms with Gasteiger partial charge in [0.2, 0.25) is 5.95 Å². The van der Waals surface area contributed by atoms with Crippen LogP contribution in [0, 0.1) is 6.92 Å². The van der Waals surface area contributed by atoms with Gasteiger partial charge in [-0.05, 0) is 19.1 Å². The molecule has 2 amide bonds. The summed E-state index contributed by atoms with van der Waals surface area (Å²) in [7, 11) is -1.48. The summed E-state index contributed by atoms with van der Waals surface area (Å²) in [5.41, 5.74) is -1.25. The number of thioether (sulfide) groups is 1. The maximum Gasteiger partial charge on any atom is 0.362 e. The van der Waals surface area contributed by atoms with E-state index in [4.69, 9.17) is 16.3 Å². The molecule has 1 N–H and O–H groups in total. The third-order valence-electron chi connectivity index (χ3n) is 2.40. The van der Waals surface area contributed by atoms with E-state index in [-0.39, 0.29) is 12.0 Å². The maximum absolute atomic E-state index is 12.1. The van der Waals surface area contributed by atoms with Crippen molar-refractivity contribution < 1.29 is 22.3 Å². The zero-order valence-corrected chi connectivity index (χ0v) is 16.6. The second-order valence-electron chi connectivity index (χ2n) is 4.45. The van der Waals surface area contributed by atoms with Gasteiger partial charge in [-0.2, -0.15) is 23.4 Å². The van der Waals surface area contributed by atoms with Gasteiger partial charge in [-0.3, -0.25) is 5.32 Å². The van der Waals surface area contributed by atoms with E-state index in [9.17, 15) is 17.6 Å². The number of alkyl halides is 2. The minimum absolute atomic E-state index is 0.00560. The van der Waals surface area contributed by atoms with Gasteiger partial charge in [-0.25, -0.2) is 9.18 Å². The lowest BCUT2D eigenvalue weighted by Crippen LogP contribution is -2.11. The van der Waals surface area contributed by atoms with Gasteiger partial charge < -0.3 is 4.74 Å². The Hall–Kier alpha value is -2.31. The number of aromatic nitrogens is 3. The van der Waals surface area contributed by atoms with Crippen LogP contribution in [0.2, 0.25) is 0 Å². The number of hydrogen-bond acceptors (Lipinski definition) is 8. The first kappa shape index (κ1) is 22.7. The normalized spacial score (nSPS) is 10.8. The summed E-state index contributed by atoms with van der Waals surface area (Å²) < 4.78 is 39.7. The fraction of sp³-hybridized carbons (Fsp3) is 0.286. The highest BCUT2D eigenvalue weighted by Crippen LogP contribution is 2.19. The van der Waals surface area contributed by atoms with Crippen molar-refractivity contribution in [2.75, 3.05) is 18.2 Å². The average Bonchev–Trinajstić information content (AvgIpc) is 2.60. The standard InChI is InChI=1S/C8H8ClFS.C6H7N5O4S/c9-8(10)6-11-7-4-2-1-3-5-7;1-3-7-4(10-6(8-3)15-2)9-5(12)11-16(13)14/h1-5,8H,6H2;1-2H3,(H,7,8,9,10,12). The Balaban J connectivity index is 0.000000289. The number of ether oxygens (including phenoxy) is 1. The lowest BCUT2D eigenvalue weighted by atomic mass is 10.4. The Morgan fingerprint density at radius 3 is 2.56 bits per heavy atom. The number of urea groups is 1. The predicted molar refractivity (Wildman–Crippen MR) is 99.4 cm³/mol. The van der Waals surface area contributed by atoms with Crippen molar-refractivity contribution >= 4 is 45.8 Å². The van der Waals surface area contributed by atoms with E-state index in [1.165, 1.54) is 18.9 Å². The molecule has 0 aliphatic rings. The Labute approximate surface area is 165 Å². The van der Waals surface area contributed by atoms with Crippen molar-refractivity contribution in [3.05, 3.63) is 36.2 Å². The van der Waals surface area contributed by atoms with E-state index >= 15 is 0 Å². The zero-order valence-electron chi connectivity index (χ0n) is 14.2. The van der Waals surface area contributed by atoms with Crippen LogP contribution in [0.1, 0.15) is 5.82 Å². The number of carbonyl (C=O) groups excluding carboxylic acids is 1. The second kappa shape index (κ2) is 12.1. The van der Waals surface area contributed by atoms with Gasteiger partial charge in [0.15, 0.2) is 5.63 Å². The van der Waals surface area contributed by atoms with Crippen LogP contribution in [-0.2, 0) is 10.5 Å². The topological polar surface area (TPSA) is 124 Å². The van der Waals surface area contributed by atoms with Crippen LogP contribution in [0.3, 0.4) is 0 Å². The van der Waals surface area contributed by atoms with Crippen LogP contribution < -0.4 is 10.1 Å². The number of methoxy groups -OCH3 is 1. The Morgan fingerprint density at radius 2 is 2.00 bits per heavy atom. The molecule has 1 atom stereocenters. The molecule has 0 saturated carbocycles. The van der Waals surface area contributed by atoms with E-state index in [1.54, 1.807) is 6.92 Å². The molecule has 0 aliphatic carbocycles. The summed E-state index contributed by atoms with van der Waals surface area (Å²) in [6.45, 7) is 1.56. The predicted octanol–water partition coefficient (Wildman–Crippen LogP) is 3.10. The monoisotopic (exact) mass is 435 g/mol. The summed E-state index contributed by atoms with van der Waals surface area (Å²) in [4.78, 5) is 23.1. The van der Waals surface area contributed by atoms with E-state index in [1.807, 2.05) is 35.6 Å². The number of hydrogen-bond donors (Lipinski definition) is 1. The van der Waals surface area contributed by atoms with Gasteiger partial charge in [0.25, 0.3) is 0 Å². The minimum Gasteiger partial charge on any atom is -0.467 e. The molecule has 0 aliphatic heterocycles.